The molecule has 0 spiro atoms. The van der Waals surface area contributed by atoms with Crippen molar-refractivity contribution in [1.82, 2.24) is 4.90 Å². The maximum atomic E-state index is 13.1. The van der Waals surface area contributed by atoms with Gasteiger partial charge in [0.2, 0.25) is 0 Å². The number of para-hydroxylation sites is 1. The van der Waals surface area contributed by atoms with E-state index < -0.39 is 0 Å². The molecular weight excluding hydrogens is 432 g/mol. The minimum Gasteiger partial charge on any atom is -0.371 e. The number of urea groups is 1. The van der Waals surface area contributed by atoms with Gasteiger partial charge in [-0.25, -0.2) is 4.79 Å². The molecule has 0 atom stereocenters. The van der Waals surface area contributed by atoms with Crippen molar-refractivity contribution in [1.29, 1.82) is 0 Å². The van der Waals surface area contributed by atoms with Crippen LogP contribution in [0.2, 0.25) is 0 Å². The van der Waals surface area contributed by atoms with Gasteiger partial charge in [0.05, 0.1) is 11.3 Å². The normalized spacial score (nSPS) is 13.3. The van der Waals surface area contributed by atoms with Gasteiger partial charge in [-0.05, 0) is 73.0 Å². The molecule has 7 heteroatoms. The molecule has 1 fully saturated rings. The van der Waals surface area contributed by atoms with Crippen LogP contribution in [0.1, 0.15) is 37.0 Å². The molecular formula is C22H27BrN4O2. The van der Waals surface area contributed by atoms with Crippen LogP contribution in [-0.2, 0) is 0 Å². The highest BCUT2D eigenvalue weighted by Crippen LogP contribution is 2.29. The Morgan fingerprint density at radius 1 is 1.03 bits per heavy atom. The fourth-order valence-corrected chi connectivity index (χ4v) is 3.93. The summed E-state index contributed by atoms with van der Waals surface area (Å²) in [6.45, 7) is 7.15. The molecule has 0 radical (unpaired) electrons. The predicted molar refractivity (Wildman–Crippen MR) is 122 cm³/mol. The van der Waals surface area contributed by atoms with Gasteiger partial charge in [0, 0.05) is 42.0 Å². The number of carbonyl (C=O) groups excluding carboxylic acids is 2. The summed E-state index contributed by atoms with van der Waals surface area (Å²) in [6.07, 6.45) is 2.26. The lowest BCUT2D eigenvalue weighted by molar-refractivity contribution is 0.0773. The summed E-state index contributed by atoms with van der Waals surface area (Å²) in [5, 5.41) is 5.67. The molecule has 0 aromatic heterocycles. The Hall–Kier alpha value is -2.54. The van der Waals surface area contributed by atoms with Gasteiger partial charge in [-0.3, -0.25) is 4.79 Å². The van der Waals surface area contributed by atoms with Crippen LogP contribution in [-0.4, -0.2) is 43.0 Å². The first kappa shape index (κ1) is 21.2. The Morgan fingerprint density at radius 3 is 2.38 bits per heavy atom. The van der Waals surface area contributed by atoms with Crippen molar-refractivity contribution in [2.75, 3.05) is 41.7 Å². The molecule has 1 heterocycles. The van der Waals surface area contributed by atoms with Crippen LogP contribution < -0.4 is 15.5 Å². The summed E-state index contributed by atoms with van der Waals surface area (Å²) in [5.41, 5.74) is 2.84. The number of rotatable bonds is 6. The van der Waals surface area contributed by atoms with E-state index in [4.69, 9.17) is 0 Å². The number of hydrogen-bond acceptors (Lipinski definition) is 3. The lowest BCUT2D eigenvalue weighted by atomic mass is 10.1. The number of amides is 3. The quantitative estimate of drug-likeness (QED) is 0.626. The number of carbonyl (C=O) groups is 2. The molecule has 29 heavy (non-hydrogen) atoms. The van der Waals surface area contributed by atoms with Crippen molar-refractivity contribution < 1.29 is 9.59 Å². The van der Waals surface area contributed by atoms with E-state index >= 15 is 0 Å². The van der Waals surface area contributed by atoms with Gasteiger partial charge < -0.3 is 20.4 Å². The number of benzene rings is 2. The largest absolute Gasteiger partial charge is 0.371 e. The van der Waals surface area contributed by atoms with E-state index in [2.05, 4.69) is 31.5 Å². The van der Waals surface area contributed by atoms with Crippen molar-refractivity contribution in [2.45, 2.75) is 26.7 Å². The molecule has 1 aliphatic heterocycles. The van der Waals surface area contributed by atoms with E-state index in [1.54, 1.807) is 11.0 Å². The van der Waals surface area contributed by atoms with Crippen molar-refractivity contribution in [2.24, 2.45) is 0 Å². The van der Waals surface area contributed by atoms with Crippen molar-refractivity contribution in [3.05, 3.63) is 52.5 Å². The van der Waals surface area contributed by atoms with Gasteiger partial charge in [-0.15, -0.1) is 0 Å². The van der Waals surface area contributed by atoms with Crippen molar-refractivity contribution >= 4 is 44.9 Å². The zero-order valence-electron chi connectivity index (χ0n) is 16.9. The summed E-state index contributed by atoms with van der Waals surface area (Å²) in [6, 6.07) is 12.6. The van der Waals surface area contributed by atoms with Crippen molar-refractivity contribution in [3.8, 4) is 0 Å². The molecule has 3 amide bonds. The molecule has 2 aromatic rings. The maximum absolute atomic E-state index is 13.1. The van der Waals surface area contributed by atoms with Crippen LogP contribution >= 0.6 is 15.9 Å². The van der Waals surface area contributed by atoms with E-state index in [1.807, 2.05) is 50.2 Å². The van der Waals surface area contributed by atoms with E-state index in [0.717, 1.165) is 36.1 Å². The monoisotopic (exact) mass is 458 g/mol. The third-order valence-electron chi connectivity index (χ3n) is 5.10. The number of nitrogens with zero attached hydrogens (tertiary/aromatic N) is 2. The van der Waals surface area contributed by atoms with Gasteiger partial charge in [0.25, 0.3) is 5.91 Å². The highest BCUT2D eigenvalue weighted by atomic mass is 79.9. The highest BCUT2D eigenvalue weighted by molar-refractivity contribution is 9.10. The zero-order chi connectivity index (χ0) is 20.8. The van der Waals surface area contributed by atoms with Crippen LogP contribution in [0.25, 0.3) is 0 Å². The fourth-order valence-electron chi connectivity index (χ4n) is 3.55. The first-order chi connectivity index (χ1) is 14.0. The van der Waals surface area contributed by atoms with E-state index in [9.17, 15) is 9.59 Å². The Balaban J connectivity index is 1.84. The molecule has 2 aromatic carbocycles. The minimum atomic E-state index is -0.355. The van der Waals surface area contributed by atoms with Crippen molar-refractivity contribution in [3.63, 3.8) is 0 Å². The van der Waals surface area contributed by atoms with Crippen LogP contribution in [0.3, 0.4) is 0 Å². The summed E-state index contributed by atoms with van der Waals surface area (Å²) < 4.78 is 0.803. The third-order valence-corrected chi connectivity index (χ3v) is 5.80. The molecule has 0 saturated carbocycles. The molecule has 154 valence electrons. The molecule has 1 aliphatic rings. The third kappa shape index (κ3) is 5.09. The Morgan fingerprint density at radius 2 is 1.72 bits per heavy atom. The van der Waals surface area contributed by atoms with E-state index in [1.165, 1.54) is 0 Å². The molecule has 6 nitrogen and oxygen atoms in total. The summed E-state index contributed by atoms with van der Waals surface area (Å²) in [5.74, 6) is -0.00763. The molecule has 3 rings (SSSR count). The lowest BCUT2D eigenvalue weighted by Gasteiger charge is -2.25. The highest BCUT2D eigenvalue weighted by Gasteiger charge is 2.23. The smallest absolute Gasteiger partial charge is 0.323 e. The fraction of sp³-hybridized carbons (Fsp3) is 0.364. The SMILES string of the molecule is CCN(CC)C(=O)c1cc(NC(=O)Nc2ccccc2Br)ccc1N1CCCC1. The number of nitrogens with one attached hydrogen (secondary N) is 2. The topological polar surface area (TPSA) is 64.7 Å². The predicted octanol–water partition coefficient (Wildman–Crippen LogP) is 5.18. The second-order valence-corrected chi connectivity index (χ2v) is 7.82. The number of hydrogen-bond donors (Lipinski definition) is 2. The summed E-state index contributed by atoms with van der Waals surface area (Å²) >= 11 is 3.42. The van der Waals surface area contributed by atoms with Crippen LogP contribution in [0.15, 0.2) is 46.9 Å². The molecule has 0 bridgehead atoms. The molecule has 0 aliphatic carbocycles. The summed E-state index contributed by atoms with van der Waals surface area (Å²) in [4.78, 5) is 29.6. The van der Waals surface area contributed by atoms with Crippen LogP contribution in [0.5, 0.6) is 0 Å². The van der Waals surface area contributed by atoms with Crippen LogP contribution in [0, 0.1) is 0 Å². The van der Waals surface area contributed by atoms with Gasteiger partial charge in [-0.1, -0.05) is 12.1 Å². The minimum absolute atomic E-state index is 0.00763. The lowest BCUT2D eigenvalue weighted by Crippen LogP contribution is -2.32. The Bertz CT molecular complexity index is 877. The first-order valence-corrected chi connectivity index (χ1v) is 10.8. The number of halogens is 1. The van der Waals surface area contributed by atoms with Gasteiger partial charge in [0.15, 0.2) is 0 Å². The molecule has 1 saturated heterocycles. The van der Waals surface area contributed by atoms with E-state index in [-0.39, 0.29) is 11.9 Å². The molecule has 0 unspecified atom stereocenters. The first-order valence-electron chi connectivity index (χ1n) is 10.0. The van der Waals surface area contributed by atoms with Gasteiger partial charge >= 0.3 is 6.03 Å². The molecule has 2 N–H and O–H groups in total. The van der Waals surface area contributed by atoms with E-state index in [0.29, 0.717) is 30.0 Å². The Kier molecular flexibility index (Phi) is 7.14. The summed E-state index contributed by atoms with van der Waals surface area (Å²) in [7, 11) is 0. The average molecular weight is 459 g/mol. The maximum Gasteiger partial charge on any atom is 0.323 e. The second kappa shape index (κ2) is 9.78. The average Bonchev–Trinajstić information content (AvgIpc) is 3.25. The zero-order valence-corrected chi connectivity index (χ0v) is 18.5. The van der Waals surface area contributed by atoms with Crippen LogP contribution in [0.4, 0.5) is 21.9 Å². The standard InChI is InChI=1S/C22H27BrN4O2/c1-3-26(4-2)21(28)17-15-16(11-12-20(17)27-13-7-8-14-27)24-22(29)25-19-10-6-5-9-18(19)23/h5-6,9-12,15H,3-4,7-8,13-14H2,1-2H3,(H2,24,25,29). The number of anilines is 3. The van der Waals surface area contributed by atoms with Gasteiger partial charge in [0.1, 0.15) is 0 Å². The Labute approximate surface area is 180 Å². The van der Waals surface area contributed by atoms with Gasteiger partial charge in [-0.2, -0.15) is 0 Å². The second-order valence-electron chi connectivity index (χ2n) is 6.96.